The van der Waals surface area contributed by atoms with E-state index in [0.717, 1.165) is 38.5 Å². The monoisotopic (exact) mass is 304 g/mol. The first-order chi connectivity index (χ1) is 10.4. The van der Waals surface area contributed by atoms with E-state index in [1.807, 2.05) is 6.08 Å². The van der Waals surface area contributed by atoms with Gasteiger partial charge in [0.1, 0.15) is 6.29 Å². The molecular formula is C20H32O2. The molecule has 0 heterocycles. The molecule has 0 aromatic heterocycles. The number of carbonyl (C=O) groups is 1. The van der Waals surface area contributed by atoms with Gasteiger partial charge in [-0.2, -0.15) is 0 Å². The highest BCUT2D eigenvalue weighted by molar-refractivity contribution is 5.60. The van der Waals surface area contributed by atoms with Crippen molar-refractivity contribution in [3.8, 4) is 0 Å². The Kier molecular flexibility index (Phi) is 5.32. The molecule has 2 unspecified atom stereocenters. The van der Waals surface area contributed by atoms with Crippen LogP contribution in [-0.2, 0) is 4.79 Å². The summed E-state index contributed by atoms with van der Waals surface area (Å²) < 4.78 is 0. The molecule has 2 aliphatic rings. The third-order valence-corrected chi connectivity index (χ3v) is 6.60. The van der Waals surface area contributed by atoms with Crippen LogP contribution in [0.5, 0.6) is 0 Å². The maximum Gasteiger partial charge on any atom is 0.126 e. The van der Waals surface area contributed by atoms with Crippen LogP contribution in [0.4, 0.5) is 0 Å². The Balaban J connectivity index is 2.22. The fraction of sp³-hybridized carbons (Fsp3) is 0.750. The molecule has 0 aliphatic heterocycles. The van der Waals surface area contributed by atoms with E-state index in [2.05, 4.69) is 27.4 Å². The molecule has 0 spiro atoms. The Morgan fingerprint density at radius 1 is 1.41 bits per heavy atom. The molecule has 2 nitrogen and oxygen atoms in total. The lowest BCUT2D eigenvalue weighted by Gasteiger charge is -2.57. The van der Waals surface area contributed by atoms with E-state index in [4.69, 9.17) is 5.11 Å². The van der Waals surface area contributed by atoms with Crippen LogP contribution in [0.1, 0.15) is 65.7 Å². The van der Waals surface area contributed by atoms with Crippen LogP contribution in [0.3, 0.4) is 0 Å². The van der Waals surface area contributed by atoms with Crippen molar-refractivity contribution in [1.82, 2.24) is 0 Å². The van der Waals surface area contributed by atoms with E-state index in [1.165, 1.54) is 23.9 Å². The Hall–Kier alpha value is -0.890. The lowest BCUT2D eigenvalue weighted by atomic mass is 9.47. The van der Waals surface area contributed by atoms with Crippen molar-refractivity contribution < 1.29 is 9.90 Å². The summed E-state index contributed by atoms with van der Waals surface area (Å²) in [5.41, 5.74) is 2.70. The van der Waals surface area contributed by atoms with E-state index < -0.39 is 0 Å². The lowest BCUT2D eigenvalue weighted by molar-refractivity contribution is -0.130. The zero-order chi connectivity index (χ0) is 16.4. The molecule has 2 heteroatoms. The van der Waals surface area contributed by atoms with Crippen molar-refractivity contribution in [3.05, 3.63) is 23.8 Å². The molecule has 0 bridgehead atoms. The number of hydrogen-bond donors (Lipinski definition) is 1. The summed E-state index contributed by atoms with van der Waals surface area (Å²) >= 11 is 0. The molecule has 2 rings (SSSR count). The summed E-state index contributed by atoms with van der Waals surface area (Å²) in [4.78, 5) is 11.8. The van der Waals surface area contributed by atoms with Crippen molar-refractivity contribution >= 4 is 6.29 Å². The van der Waals surface area contributed by atoms with Crippen LogP contribution in [0.25, 0.3) is 0 Å². The van der Waals surface area contributed by atoms with Crippen LogP contribution < -0.4 is 0 Å². The molecule has 124 valence electrons. The van der Waals surface area contributed by atoms with Crippen LogP contribution >= 0.6 is 0 Å². The lowest BCUT2D eigenvalue weighted by Crippen LogP contribution is -2.51. The van der Waals surface area contributed by atoms with Crippen molar-refractivity contribution in [2.24, 2.45) is 22.7 Å². The minimum atomic E-state index is -0.151. The van der Waals surface area contributed by atoms with Gasteiger partial charge in [0.2, 0.25) is 0 Å². The van der Waals surface area contributed by atoms with Gasteiger partial charge < -0.3 is 9.90 Å². The fourth-order valence-corrected chi connectivity index (χ4v) is 5.30. The zero-order valence-corrected chi connectivity index (χ0v) is 14.5. The van der Waals surface area contributed by atoms with Gasteiger partial charge >= 0.3 is 0 Å². The number of aliphatic hydroxyl groups is 1. The van der Waals surface area contributed by atoms with Gasteiger partial charge in [-0.1, -0.05) is 44.1 Å². The molecule has 2 saturated carbocycles. The number of rotatable bonds is 5. The molecule has 0 saturated heterocycles. The predicted molar refractivity (Wildman–Crippen MR) is 91.6 cm³/mol. The van der Waals surface area contributed by atoms with E-state index in [1.54, 1.807) is 0 Å². The topological polar surface area (TPSA) is 37.3 Å². The van der Waals surface area contributed by atoms with Crippen LogP contribution in [0.2, 0.25) is 0 Å². The third kappa shape index (κ3) is 3.08. The number of aliphatic hydroxyl groups excluding tert-OH is 1. The van der Waals surface area contributed by atoms with E-state index in [9.17, 15) is 4.79 Å². The van der Waals surface area contributed by atoms with Gasteiger partial charge in [-0.25, -0.2) is 0 Å². The molecule has 0 aromatic rings. The first-order valence-electron chi connectivity index (χ1n) is 8.78. The highest BCUT2D eigenvalue weighted by Crippen LogP contribution is 2.61. The number of fused-ring (bicyclic) bond motifs is 1. The largest absolute Gasteiger partial charge is 0.392 e. The van der Waals surface area contributed by atoms with Gasteiger partial charge in [0.05, 0.1) is 6.61 Å². The zero-order valence-electron chi connectivity index (χ0n) is 14.5. The SMILES string of the molecule is C=C1CCC2[C@](C)(CCC[C@]2(C)C=O)C1CCC(C)=CCO. The average Bonchev–Trinajstić information content (AvgIpc) is 2.46. The maximum atomic E-state index is 11.8. The smallest absolute Gasteiger partial charge is 0.126 e. The number of allylic oxidation sites excluding steroid dienone is 2. The van der Waals surface area contributed by atoms with Gasteiger partial charge in [-0.05, 0) is 62.7 Å². The average molecular weight is 304 g/mol. The summed E-state index contributed by atoms with van der Waals surface area (Å²) in [5.74, 6) is 0.997. The van der Waals surface area contributed by atoms with Gasteiger partial charge in [-0.3, -0.25) is 0 Å². The molecule has 1 N–H and O–H groups in total. The second-order valence-corrected chi connectivity index (χ2v) is 8.06. The molecule has 0 amide bonds. The van der Waals surface area contributed by atoms with Crippen LogP contribution in [0, 0.1) is 22.7 Å². The van der Waals surface area contributed by atoms with Gasteiger partial charge in [0.25, 0.3) is 0 Å². The van der Waals surface area contributed by atoms with Crippen molar-refractivity contribution in [3.63, 3.8) is 0 Å². The van der Waals surface area contributed by atoms with E-state index >= 15 is 0 Å². The first kappa shape index (κ1) is 17.5. The number of aldehydes is 1. The maximum absolute atomic E-state index is 11.8. The summed E-state index contributed by atoms with van der Waals surface area (Å²) in [5, 5.41) is 9.03. The Morgan fingerprint density at radius 2 is 2.14 bits per heavy atom. The Labute approximate surface area is 135 Å². The van der Waals surface area contributed by atoms with Gasteiger partial charge in [0.15, 0.2) is 0 Å². The molecule has 0 radical (unpaired) electrons. The van der Waals surface area contributed by atoms with Crippen molar-refractivity contribution in [1.29, 1.82) is 0 Å². The molecule has 4 atom stereocenters. The predicted octanol–water partition coefficient (Wildman–Crippen LogP) is 4.68. The second kappa shape index (κ2) is 6.70. The van der Waals surface area contributed by atoms with Gasteiger partial charge in [-0.15, -0.1) is 0 Å². The molecule has 2 aliphatic carbocycles. The summed E-state index contributed by atoms with van der Waals surface area (Å²) in [7, 11) is 0. The summed E-state index contributed by atoms with van der Waals surface area (Å²) in [6.07, 6.45) is 10.8. The minimum Gasteiger partial charge on any atom is -0.392 e. The number of carbonyl (C=O) groups excluding carboxylic acids is 1. The van der Waals surface area contributed by atoms with Gasteiger partial charge in [0, 0.05) is 5.41 Å². The normalized spacial score (nSPS) is 39.5. The fourth-order valence-electron chi connectivity index (χ4n) is 5.30. The molecule has 22 heavy (non-hydrogen) atoms. The summed E-state index contributed by atoms with van der Waals surface area (Å²) in [6.45, 7) is 11.2. The quantitative estimate of drug-likeness (QED) is 0.591. The second-order valence-electron chi connectivity index (χ2n) is 8.06. The molecule has 0 aromatic carbocycles. The molecular weight excluding hydrogens is 272 g/mol. The minimum absolute atomic E-state index is 0.126. The van der Waals surface area contributed by atoms with Crippen molar-refractivity contribution in [2.75, 3.05) is 6.61 Å². The Bertz CT molecular complexity index is 464. The Morgan fingerprint density at radius 3 is 2.77 bits per heavy atom. The number of hydrogen-bond acceptors (Lipinski definition) is 2. The molecule has 2 fully saturated rings. The highest BCUT2D eigenvalue weighted by atomic mass is 16.2. The highest BCUT2D eigenvalue weighted by Gasteiger charge is 2.54. The van der Waals surface area contributed by atoms with Crippen molar-refractivity contribution in [2.45, 2.75) is 65.7 Å². The summed E-state index contributed by atoms with van der Waals surface area (Å²) in [6, 6.07) is 0. The van der Waals surface area contributed by atoms with E-state index in [-0.39, 0.29) is 17.4 Å². The van der Waals surface area contributed by atoms with Crippen LogP contribution in [0.15, 0.2) is 23.8 Å². The van der Waals surface area contributed by atoms with E-state index in [0.29, 0.717) is 11.8 Å². The first-order valence-corrected chi connectivity index (χ1v) is 8.78. The standard InChI is InChI=1S/C20H32O2/c1-15(10-13-21)6-8-17-16(2)7-9-18-19(3,14-22)11-5-12-20(17,18)4/h10,14,17-18,21H,2,5-9,11-13H2,1,3-4H3/t17?,18?,19-,20-/m1/s1. The van der Waals surface area contributed by atoms with Crippen LogP contribution in [-0.4, -0.2) is 18.0 Å². The third-order valence-electron chi connectivity index (χ3n) is 6.60.